The average molecular weight is 268 g/mol. The van der Waals surface area contributed by atoms with Gasteiger partial charge in [0.2, 0.25) is 0 Å². The maximum absolute atomic E-state index is 5.38. The van der Waals surface area contributed by atoms with Crippen LogP contribution in [0.2, 0.25) is 0 Å². The molecule has 5 heteroatoms. The number of guanidine groups is 1. The Morgan fingerprint density at radius 3 is 2.68 bits per heavy atom. The fourth-order valence-corrected chi connectivity index (χ4v) is 2.26. The number of hydrogen-bond donors (Lipinski definition) is 2. The second-order valence-electron chi connectivity index (χ2n) is 5.54. The minimum absolute atomic E-state index is 0.486. The van der Waals surface area contributed by atoms with E-state index in [1.165, 1.54) is 12.8 Å². The third kappa shape index (κ3) is 5.37. The Hall–Kier alpha value is -0.810. The molecule has 19 heavy (non-hydrogen) atoms. The summed E-state index contributed by atoms with van der Waals surface area (Å²) in [5, 5.41) is 6.76. The van der Waals surface area contributed by atoms with Crippen molar-refractivity contribution in [2.24, 2.45) is 10.9 Å². The molecule has 0 amide bonds. The lowest BCUT2D eigenvalue weighted by Gasteiger charge is -2.31. The van der Waals surface area contributed by atoms with Crippen molar-refractivity contribution in [2.45, 2.75) is 32.7 Å². The van der Waals surface area contributed by atoms with E-state index in [9.17, 15) is 0 Å². The zero-order valence-corrected chi connectivity index (χ0v) is 12.3. The van der Waals surface area contributed by atoms with Crippen molar-refractivity contribution in [2.75, 3.05) is 45.9 Å². The smallest absolute Gasteiger partial charge is 0.191 e. The summed E-state index contributed by atoms with van der Waals surface area (Å²) < 4.78 is 5.38. The van der Waals surface area contributed by atoms with E-state index >= 15 is 0 Å². The van der Waals surface area contributed by atoms with Crippen LogP contribution in [0.15, 0.2) is 4.99 Å². The first-order chi connectivity index (χ1) is 9.29. The van der Waals surface area contributed by atoms with Crippen LogP contribution in [0.5, 0.6) is 0 Å². The molecule has 0 aromatic heterocycles. The van der Waals surface area contributed by atoms with Gasteiger partial charge in [0.1, 0.15) is 0 Å². The van der Waals surface area contributed by atoms with Crippen molar-refractivity contribution in [3.63, 3.8) is 0 Å². The molecule has 1 heterocycles. The number of ether oxygens (including phenoxy) is 1. The first kappa shape index (κ1) is 14.6. The molecule has 0 radical (unpaired) electrons. The second-order valence-corrected chi connectivity index (χ2v) is 5.54. The minimum atomic E-state index is 0.486. The second kappa shape index (κ2) is 7.70. The lowest BCUT2D eigenvalue weighted by atomic mass is 10.2. The molecular weight excluding hydrogens is 240 g/mol. The van der Waals surface area contributed by atoms with Gasteiger partial charge < -0.3 is 15.4 Å². The predicted octanol–water partition coefficient (Wildman–Crippen LogP) is 0.672. The third-order valence-electron chi connectivity index (χ3n) is 3.78. The van der Waals surface area contributed by atoms with Crippen molar-refractivity contribution >= 4 is 5.96 Å². The molecule has 0 bridgehead atoms. The third-order valence-corrected chi connectivity index (χ3v) is 3.78. The molecule has 2 N–H and O–H groups in total. The van der Waals surface area contributed by atoms with Crippen LogP contribution >= 0.6 is 0 Å². The predicted molar refractivity (Wildman–Crippen MR) is 78.6 cm³/mol. The molecule has 2 rings (SSSR count). The van der Waals surface area contributed by atoms with Crippen LogP contribution < -0.4 is 10.6 Å². The van der Waals surface area contributed by atoms with Gasteiger partial charge in [-0.25, -0.2) is 0 Å². The number of aliphatic imine (C=N–C) groups is 1. The van der Waals surface area contributed by atoms with E-state index < -0.39 is 0 Å². The molecule has 1 aliphatic carbocycles. The minimum Gasteiger partial charge on any atom is -0.379 e. The summed E-state index contributed by atoms with van der Waals surface area (Å²) in [6, 6.07) is 0.486. The van der Waals surface area contributed by atoms with Gasteiger partial charge >= 0.3 is 0 Å². The first-order valence-electron chi connectivity index (χ1n) is 7.63. The van der Waals surface area contributed by atoms with Crippen LogP contribution in [0.25, 0.3) is 0 Å². The number of nitrogens with one attached hydrogen (secondary N) is 2. The maximum atomic E-state index is 5.38. The summed E-state index contributed by atoms with van der Waals surface area (Å²) in [4.78, 5) is 7.16. The zero-order valence-electron chi connectivity index (χ0n) is 12.3. The summed E-state index contributed by atoms with van der Waals surface area (Å²) in [5.74, 6) is 1.84. The molecule has 110 valence electrons. The Balaban J connectivity index is 1.74. The van der Waals surface area contributed by atoms with Gasteiger partial charge in [-0.2, -0.15) is 0 Å². The van der Waals surface area contributed by atoms with Gasteiger partial charge in [-0.05, 0) is 32.6 Å². The highest BCUT2D eigenvalue weighted by Crippen LogP contribution is 2.27. The van der Waals surface area contributed by atoms with Crippen molar-refractivity contribution in [3.8, 4) is 0 Å². The Bertz CT molecular complexity index is 285. The molecule has 0 aromatic rings. The van der Waals surface area contributed by atoms with Crippen LogP contribution in [0.3, 0.4) is 0 Å². The Morgan fingerprint density at radius 1 is 1.32 bits per heavy atom. The van der Waals surface area contributed by atoms with Crippen LogP contribution in [0.1, 0.15) is 26.7 Å². The van der Waals surface area contributed by atoms with Gasteiger partial charge in [0.05, 0.1) is 19.8 Å². The monoisotopic (exact) mass is 268 g/mol. The molecule has 1 unspecified atom stereocenters. The molecule has 0 spiro atoms. The summed E-state index contributed by atoms with van der Waals surface area (Å²) in [6.45, 7) is 11.0. The lowest BCUT2D eigenvalue weighted by molar-refractivity contribution is 0.0220. The number of hydrogen-bond acceptors (Lipinski definition) is 3. The zero-order chi connectivity index (χ0) is 13.5. The quantitative estimate of drug-likeness (QED) is 0.549. The molecule has 5 nitrogen and oxygen atoms in total. The van der Waals surface area contributed by atoms with Crippen LogP contribution in [0.4, 0.5) is 0 Å². The number of rotatable bonds is 6. The van der Waals surface area contributed by atoms with Crippen LogP contribution in [0, 0.1) is 5.92 Å². The molecule has 2 fully saturated rings. The van der Waals surface area contributed by atoms with Gasteiger partial charge in [0.15, 0.2) is 5.96 Å². The number of nitrogens with zero attached hydrogens (tertiary/aromatic N) is 2. The fourth-order valence-electron chi connectivity index (χ4n) is 2.26. The van der Waals surface area contributed by atoms with E-state index in [2.05, 4.69) is 29.4 Å². The average Bonchev–Trinajstić information content (AvgIpc) is 3.26. The highest BCUT2D eigenvalue weighted by atomic mass is 16.5. The fraction of sp³-hybridized carbons (Fsp3) is 0.929. The van der Waals surface area contributed by atoms with Crippen molar-refractivity contribution in [1.29, 1.82) is 0 Å². The van der Waals surface area contributed by atoms with E-state index in [-0.39, 0.29) is 0 Å². The van der Waals surface area contributed by atoms with Gasteiger partial charge in [-0.1, -0.05) is 0 Å². The molecular formula is C14H28N4O. The first-order valence-corrected chi connectivity index (χ1v) is 7.63. The van der Waals surface area contributed by atoms with Gasteiger partial charge in [-0.3, -0.25) is 9.89 Å². The molecule has 2 aliphatic rings. The molecule has 1 saturated carbocycles. The van der Waals surface area contributed by atoms with Crippen molar-refractivity contribution in [3.05, 3.63) is 0 Å². The van der Waals surface area contributed by atoms with Crippen molar-refractivity contribution in [1.82, 2.24) is 15.5 Å². The topological polar surface area (TPSA) is 48.9 Å². The normalized spacial score (nSPS) is 23.2. The molecule has 1 atom stereocenters. The Morgan fingerprint density at radius 2 is 2.05 bits per heavy atom. The summed E-state index contributed by atoms with van der Waals surface area (Å²) in [5.41, 5.74) is 0. The van der Waals surface area contributed by atoms with Crippen molar-refractivity contribution < 1.29 is 4.74 Å². The largest absolute Gasteiger partial charge is 0.379 e. The maximum Gasteiger partial charge on any atom is 0.191 e. The standard InChI is InChI=1S/C14H28N4O/c1-3-15-14(17-11-13-4-5-13)16-10-12(2)18-6-8-19-9-7-18/h12-13H,3-11H2,1-2H3,(H2,15,16,17). The van der Waals surface area contributed by atoms with E-state index in [1.807, 2.05) is 0 Å². The summed E-state index contributed by atoms with van der Waals surface area (Å²) in [7, 11) is 0. The van der Waals surface area contributed by atoms with E-state index in [4.69, 9.17) is 9.73 Å². The Labute approximate surface area is 116 Å². The highest BCUT2D eigenvalue weighted by Gasteiger charge is 2.21. The highest BCUT2D eigenvalue weighted by molar-refractivity contribution is 5.79. The van der Waals surface area contributed by atoms with Crippen LogP contribution in [-0.2, 0) is 4.74 Å². The molecule has 1 aliphatic heterocycles. The SMILES string of the molecule is CCNC(=NCC(C)N1CCOCC1)NCC1CC1. The van der Waals surface area contributed by atoms with Gasteiger partial charge in [0.25, 0.3) is 0 Å². The summed E-state index contributed by atoms with van der Waals surface area (Å²) in [6.07, 6.45) is 2.74. The lowest BCUT2D eigenvalue weighted by Crippen LogP contribution is -2.44. The molecule has 1 saturated heterocycles. The van der Waals surface area contributed by atoms with E-state index in [0.717, 1.165) is 57.8 Å². The van der Waals surface area contributed by atoms with E-state index in [0.29, 0.717) is 6.04 Å². The molecule has 0 aromatic carbocycles. The number of morpholine rings is 1. The van der Waals surface area contributed by atoms with Gasteiger partial charge in [-0.15, -0.1) is 0 Å². The van der Waals surface area contributed by atoms with Crippen LogP contribution in [-0.4, -0.2) is 62.8 Å². The summed E-state index contributed by atoms with van der Waals surface area (Å²) >= 11 is 0. The Kier molecular flexibility index (Phi) is 5.92. The van der Waals surface area contributed by atoms with E-state index in [1.54, 1.807) is 0 Å². The van der Waals surface area contributed by atoms with Gasteiger partial charge in [0, 0.05) is 32.2 Å².